The van der Waals surface area contributed by atoms with E-state index in [0.29, 0.717) is 55.9 Å². The van der Waals surface area contributed by atoms with Crippen molar-refractivity contribution in [1.29, 1.82) is 0 Å². The molecule has 0 aliphatic carbocycles. The number of hydrogen-bond acceptors (Lipinski definition) is 5. The number of rotatable bonds is 8. The zero-order valence-electron chi connectivity index (χ0n) is 17.8. The summed E-state index contributed by atoms with van der Waals surface area (Å²) in [6.07, 6.45) is 2.60. The van der Waals surface area contributed by atoms with Crippen molar-refractivity contribution in [3.8, 4) is 0 Å². The lowest BCUT2D eigenvalue weighted by atomic mass is 9.94. The molecule has 1 fully saturated rings. The second-order valence-corrected chi connectivity index (χ2v) is 10.0. The van der Waals surface area contributed by atoms with Gasteiger partial charge < -0.3 is 14.1 Å². The van der Waals surface area contributed by atoms with E-state index in [1.807, 2.05) is 6.07 Å². The molecular formula is C22H30N2O5S. The maximum Gasteiger partial charge on any atom is 0.254 e. The number of furan rings is 1. The van der Waals surface area contributed by atoms with Crippen molar-refractivity contribution in [2.24, 2.45) is 11.8 Å². The summed E-state index contributed by atoms with van der Waals surface area (Å²) >= 11 is 0. The summed E-state index contributed by atoms with van der Waals surface area (Å²) in [4.78, 5) is 14.8. The molecule has 30 heavy (non-hydrogen) atoms. The monoisotopic (exact) mass is 434 g/mol. The van der Waals surface area contributed by atoms with Gasteiger partial charge in [0.15, 0.2) is 0 Å². The van der Waals surface area contributed by atoms with Gasteiger partial charge in [-0.25, -0.2) is 8.42 Å². The van der Waals surface area contributed by atoms with Crippen LogP contribution < -0.4 is 0 Å². The number of piperidine rings is 1. The van der Waals surface area contributed by atoms with Crippen molar-refractivity contribution in [2.45, 2.75) is 31.7 Å². The lowest BCUT2D eigenvalue weighted by molar-refractivity contribution is 0.0666. The van der Waals surface area contributed by atoms with E-state index in [0.717, 1.165) is 6.42 Å². The van der Waals surface area contributed by atoms with Crippen LogP contribution in [0.5, 0.6) is 0 Å². The Morgan fingerprint density at radius 1 is 1.17 bits per heavy atom. The Hall–Kier alpha value is -2.16. The van der Waals surface area contributed by atoms with Gasteiger partial charge in [0, 0.05) is 32.3 Å². The van der Waals surface area contributed by atoms with Crippen LogP contribution in [0.2, 0.25) is 0 Å². The zero-order chi connectivity index (χ0) is 21.7. The third kappa shape index (κ3) is 5.30. The average Bonchev–Trinajstić information content (AvgIpc) is 3.23. The third-order valence-corrected chi connectivity index (χ3v) is 7.20. The van der Waals surface area contributed by atoms with Crippen molar-refractivity contribution < 1.29 is 22.4 Å². The van der Waals surface area contributed by atoms with Crippen LogP contribution in [-0.2, 0) is 21.3 Å². The van der Waals surface area contributed by atoms with E-state index in [-0.39, 0.29) is 10.8 Å². The Bertz CT molecular complexity index is 915. The number of nitrogens with zero attached hydrogens (tertiary/aromatic N) is 2. The van der Waals surface area contributed by atoms with Crippen molar-refractivity contribution in [2.75, 3.05) is 33.4 Å². The fourth-order valence-corrected chi connectivity index (χ4v) is 5.63. The minimum absolute atomic E-state index is 0.201. The summed E-state index contributed by atoms with van der Waals surface area (Å²) in [5, 5.41) is 0. The molecule has 1 aromatic heterocycles. The van der Waals surface area contributed by atoms with E-state index in [2.05, 4.69) is 13.8 Å². The van der Waals surface area contributed by atoms with Gasteiger partial charge in [-0.3, -0.25) is 4.79 Å². The van der Waals surface area contributed by atoms with Crippen molar-refractivity contribution in [3.05, 3.63) is 54.0 Å². The molecule has 3 rings (SSSR count). The highest BCUT2D eigenvalue weighted by Crippen LogP contribution is 2.27. The van der Waals surface area contributed by atoms with Crippen LogP contribution >= 0.6 is 0 Å². The molecule has 164 valence electrons. The van der Waals surface area contributed by atoms with Crippen molar-refractivity contribution >= 4 is 15.9 Å². The molecule has 8 heteroatoms. The molecule has 1 saturated heterocycles. The number of amides is 1. The Labute approximate surface area is 178 Å². The summed E-state index contributed by atoms with van der Waals surface area (Å²) in [5.74, 6) is 1.14. The molecule has 1 aliphatic rings. The van der Waals surface area contributed by atoms with Gasteiger partial charge in [-0.1, -0.05) is 13.8 Å². The van der Waals surface area contributed by atoms with Gasteiger partial charge in [-0.2, -0.15) is 4.31 Å². The molecule has 1 aromatic carbocycles. The topological polar surface area (TPSA) is 80.1 Å². The Kier molecular flexibility index (Phi) is 7.33. The fourth-order valence-electron chi connectivity index (χ4n) is 3.95. The smallest absolute Gasteiger partial charge is 0.254 e. The van der Waals surface area contributed by atoms with Crippen molar-refractivity contribution in [3.63, 3.8) is 0 Å². The lowest BCUT2D eigenvalue weighted by Gasteiger charge is -2.34. The minimum atomic E-state index is -3.57. The van der Waals surface area contributed by atoms with Crippen LogP contribution in [-0.4, -0.2) is 56.9 Å². The van der Waals surface area contributed by atoms with Gasteiger partial charge in [0.2, 0.25) is 10.0 Å². The lowest BCUT2D eigenvalue weighted by Crippen LogP contribution is -2.42. The molecule has 0 spiro atoms. The van der Waals surface area contributed by atoms with Crippen LogP contribution in [0.4, 0.5) is 0 Å². The first-order valence-corrected chi connectivity index (χ1v) is 11.7. The summed E-state index contributed by atoms with van der Waals surface area (Å²) in [6, 6.07) is 9.78. The molecule has 0 bridgehead atoms. The molecule has 2 heterocycles. The van der Waals surface area contributed by atoms with E-state index >= 15 is 0 Å². The number of hydrogen-bond donors (Lipinski definition) is 0. The Balaban J connectivity index is 1.76. The highest BCUT2D eigenvalue weighted by atomic mass is 32.2. The number of sulfonamides is 1. The molecule has 2 atom stereocenters. The van der Waals surface area contributed by atoms with Gasteiger partial charge in [-0.15, -0.1) is 0 Å². The number of carbonyl (C=O) groups is 1. The molecule has 2 aromatic rings. The quantitative estimate of drug-likeness (QED) is 0.637. The van der Waals surface area contributed by atoms with Gasteiger partial charge in [0.1, 0.15) is 5.76 Å². The molecule has 7 nitrogen and oxygen atoms in total. The highest BCUT2D eigenvalue weighted by Gasteiger charge is 2.31. The number of ether oxygens (including phenoxy) is 1. The molecule has 1 amide bonds. The first-order valence-electron chi connectivity index (χ1n) is 10.2. The average molecular weight is 435 g/mol. The SMILES string of the molecule is COCCN(Cc1ccco1)C(=O)c1ccc(S(=O)(=O)N2CC(C)CC(C)C2)cc1. The summed E-state index contributed by atoms with van der Waals surface area (Å²) in [6.45, 7) is 6.33. The van der Waals surface area contributed by atoms with E-state index in [4.69, 9.17) is 9.15 Å². The maximum absolute atomic E-state index is 13.0. The molecule has 0 radical (unpaired) electrons. The van der Waals surface area contributed by atoms with Crippen LogP contribution in [0.25, 0.3) is 0 Å². The maximum atomic E-state index is 13.0. The Morgan fingerprint density at radius 2 is 1.83 bits per heavy atom. The predicted molar refractivity (Wildman–Crippen MR) is 113 cm³/mol. The standard InChI is InChI=1S/C22H30N2O5S/c1-17-13-18(2)15-24(14-17)30(26,27)21-8-6-19(7-9-21)22(25)23(10-12-28-3)16-20-5-4-11-29-20/h4-9,11,17-18H,10,12-16H2,1-3H3. The van der Waals surface area contributed by atoms with Crippen LogP contribution in [0.1, 0.15) is 36.4 Å². The second kappa shape index (κ2) is 9.76. The van der Waals surface area contributed by atoms with Gasteiger partial charge in [0.25, 0.3) is 5.91 Å². The molecule has 2 unspecified atom stereocenters. The van der Waals surface area contributed by atoms with E-state index < -0.39 is 10.0 Å². The Morgan fingerprint density at radius 3 is 2.40 bits per heavy atom. The molecular weight excluding hydrogens is 404 g/mol. The largest absolute Gasteiger partial charge is 0.467 e. The summed E-state index contributed by atoms with van der Waals surface area (Å²) in [7, 11) is -1.99. The van der Waals surface area contributed by atoms with E-state index in [1.54, 1.807) is 40.8 Å². The van der Waals surface area contributed by atoms with Gasteiger partial charge in [0.05, 0.1) is 24.3 Å². The van der Waals surface area contributed by atoms with Crippen LogP contribution in [0.3, 0.4) is 0 Å². The fraction of sp³-hybridized carbons (Fsp3) is 0.500. The van der Waals surface area contributed by atoms with Crippen molar-refractivity contribution in [1.82, 2.24) is 9.21 Å². The normalized spacial score (nSPS) is 20.2. The van der Waals surface area contributed by atoms with Gasteiger partial charge in [-0.05, 0) is 54.7 Å². The number of methoxy groups -OCH3 is 1. The third-order valence-electron chi connectivity index (χ3n) is 5.35. The summed E-state index contributed by atoms with van der Waals surface area (Å²) in [5.41, 5.74) is 0.428. The number of benzene rings is 1. The van der Waals surface area contributed by atoms with Crippen LogP contribution in [0.15, 0.2) is 52.0 Å². The zero-order valence-corrected chi connectivity index (χ0v) is 18.6. The van der Waals surface area contributed by atoms with Gasteiger partial charge >= 0.3 is 0 Å². The first-order chi connectivity index (χ1) is 14.3. The second-order valence-electron chi connectivity index (χ2n) is 8.09. The summed E-state index contributed by atoms with van der Waals surface area (Å²) < 4.78 is 38.1. The van der Waals surface area contributed by atoms with E-state index in [1.165, 1.54) is 12.1 Å². The van der Waals surface area contributed by atoms with E-state index in [9.17, 15) is 13.2 Å². The number of carbonyl (C=O) groups excluding carboxylic acids is 1. The highest BCUT2D eigenvalue weighted by molar-refractivity contribution is 7.89. The van der Waals surface area contributed by atoms with Crippen LogP contribution in [0, 0.1) is 11.8 Å². The minimum Gasteiger partial charge on any atom is -0.467 e. The molecule has 1 aliphatic heterocycles. The molecule has 0 N–H and O–H groups in total. The molecule has 0 saturated carbocycles. The first kappa shape index (κ1) is 22.5. The predicted octanol–water partition coefficient (Wildman–Crippen LogP) is 3.24.